The van der Waals surface area contributed by atoms with Crippen LogP contribution in [0, 0.1) is 0 Å². The van der Waals surface area contributed by atoms with Gasteiger partial charge in [0.05, 0.1) is 6.04 Å². The van der Waals surface area contributed by atoms with Crippen LogP contribution in [0.25, 0.3) is 0 Å². The Bertz CT molecular complexity index is 617. The van der Waals surface area contributed by atoms with E-state index in [9.17, 15) is 18.0 Å². The molecule has 8 nitrogen and oxygen atoms in total. The summed E-state index contributed by atoms with van der Waals surface area (Å²) < 4.78 is 37.1. The molecule has 108 valence electrons. The van der Waals surface area contributed by atoms with Gasteiger partial charge in [0.1, 0.15) is 11.5 Å². The molecular weight excluding hydrogens is 279 g/mol. The van der Waals surface area contributed by atoms with E-state index in [0.29, 0.717) is 6.07 Å². The average molecular weight is 289 g/mol. The summed E-state index contributed by atoms with van der Waals surface area (Å²) in [4.78, 5) is 15.5. The molecule has 0 aliphatic rings. The lowest BCUT2D eigenvalue weighted by Gasteiger charge is -2.09. The zero-order valence-electron chi connectivity index (χ0n) is 10.1. The van der Waals surface area contributed by atoms with Crippen molar-refractivity contribution in [3.8, 4) is 0 Å². The number of hydrogen-bond acceptors (Lipinski definition) is 5. The van der Waals surface area contributed by atoms with Gasteiger partial charge in [-0.1, -0.05) is 0 Å². The molecule has 0 fully saturated rings. The van der Waals surface area contributed by atoms with Gasteiger partial charge in [-0.3, -0.25) is 15.0 Å². The molecule has 2 rings (SSSR count). The number of carbonyl (C=O) groups is 1. The maximum atomic E-state index is 12.4. The molecule has 11 heteroatoms. The van der Waals surface area contributed by atoms with Crippen molar-refractivity contribution in [2.75, 3.05) is 5.73 Å². The minimum Gasteiger partial charge on any atom is -0.367 e. The number of nitrogens with two attached hydrogens (primary N) is 1. The standard InChI is InChI=1S/C9H10F3N7O/c1-3(6-15-8(13)19-18-6)14-7(20)4-2-5(17-16-4)9(10,11)12/h2-3H,1H3,(H,14,20)(H,16,17)(H3,13,15,18,19)/t3-/m1/s1. The molecule has 1 atom stereocenters. The summed E-state index contributed by atoms with van der Waals surface area (Å²) in [6.45, 7) is 1.56. The average Bonchev–Trinajstić information content (AvgIpc) is 2.95. The van der Waals surface area contributed by atoms with Crippen molar-refractivity contribution in [1.82, 2.24) is 30.7 Å². The Morgan fingerprint density at radius 2 is 2.10 bits per heavy atom. The predicted molar refractivity (Wildman–Crippen MR) is 60.3 cm³/mol. The van der Waals surface area contributed by atoms with Crippen LogP contribution >= 0.6 is 0 Å². The Morgan fingerprint density at radius 3 is 2.60 bits per heavy atom. The van der Waals surface area contributed by atoms with Crippen molar-refractivity contribution in [3.63, 3.8) is 0 Å². The van der Waals surface area contributed by atoms with Gasteiger partial charge in [0.2, 0.25) is 5.95 Å². The van der Waals surface area contributed by atoms with Crippen LogP contribution in [0.3, 0.4) is 0 Å². The largest absolute Gasteiger partial charge is 0.432 e. The Morgan fingerprint density at radius 1 is 1.40 bits per heavy atom. The fraction of sp³-hybridized carbons (Fsp3) is 0.333. The van der Waals surface area contributed by atoms with Crippen molar-refractivity contribution in [2.24, 2.45) is 0 Å². The van der Waals surface area contributed by atoms with Crippen molar-refractivity contribution in [2.45, 2.75) is 19.1 Å². The molecule has 0 aliphatic carbocycles. The van der Waals surface area contributed by atoms with Gasteiger partial charge in [0, 0.05) is 6.07 Å². The van der Waals surface area contributed by atoms with E-state index in [2.05, 4.69) is 25.6 Å². The molecule has 0 unspecified atom stereocenters. The van der Waals surface area contributed by atoms with Gasteiger partial charge in [-0.2, -0.15) is 23.3 Å². The fourth-order valence-electron chi connectivity index (χ4n) is 1.40. The van der Waals surface area contributed by atoms with Gasteiger partial charge in [-0.05, 0) is 6.92 Å². The Balaban J connectivity index is 2.07. The molecule has 0 aromatic carbocycles. The molecule has 2 aromatic heterocycles. The summed E-state index contributed by atoms with van der Waals surface area (Å²) in [7, 11) is 0. The quantitative estimate of drug-likeness (QED) is 0.659. The Labute approximate surface area is 110 Å². The molecule has 5 N–H and O–H groups in total. The highest BCUT2D eigenvalue weighted by Crippen LogP contribution is 2.27. The fourth-order valence-corrected chi connectivity index (χ4v) is 1.40. The third-order valence-electron chi connectivity index (χ3n) is 2.39. The van der Waals surface area contributed by atoms with E-state index in [1.54, 1.807) is 12.0 Å². The number of aromatic nitrogens is 5. The van der Waals surface area contributed by atoms with Crippen LogP contribution in [0.15, 0.2) is 6.07 Å². The number of H-pyrrole nitrogens is 2. The second-order valence-electron chi connectivity index (χ2n) is 3.94. The number of rotatable bonds is 3. The van der Waals surface area contributed by atoms with Crippen LogP contribution in [-0.2, 0) is 6.18 Å². The van der Waals surface area contributed by atoms with Gasteiger partial charge >= 0.3 is 6.18 Å². The molecule has 1 amide bonds. The van der Waals surface area contributed by atoms with E-state index >= 15 is 0 Å². The van der Waals surface area contributed by atoms with Crippen LogP contribution in [0.4, 0.5) is 19.1 Å². The first-order valence-electron chi connectivity index (χ1n) is 5.38. The summed E-state index contributed by atoms with van der Waals surface area (Å²) >= 11 is 0. The highest BCUT2D eigenvalue weighted by molar-refractivity contribution is 5.92. The first-order valence-corrected chi connectivity index (χ1v) is 5.38. The lowest BCUT2D eigenvalue weighted by molar-refractivity contribution is -0.141. The third kappa shape index (κ3) is 2.87. The highest BCUT2D eigenvalue weighted by atomic mass is 19.4. The molecule has 0 saturated carbocycles. The smallest absolute Gasteiger partial charge is 0.367 e. The van der Waals surface area contributed by atoms with Crippen molar-refractivity contribution >= 4 is 11.9 Å². The normalized spacial score (nSPS) is 13.2. The number of hydrogen-bond donors (Lipinski definition) is 4. The Kier molecular flexibility index (Phi) is 3.34. The summed E-state index contributed by atoms with van der Waals surface area (Å²) in [5.74, 6) is -0.498. The monoisotopic (exact) mass is 289 g/mol. The molecule has 0 bridgehead atoms. The van der Waals surface area contributed by atoms with E-state index in [0.717, 1.165) is 0 Å². The lowest BCUT2D eigenvalue weighted by atomic mass is 10.3. The maximum Gasteiger partial charge on any atom is 0.432 e. The second-order valence-corrected chi connectivity index (χ2v) is 3.94. The van der Waals surface area contributed by atoms with E-state index in [1.807, 2.05) is 0 Å². The third-order valence-corrected chi connectivity index (χ3v) is 2.39. The number of carbonyl (C=O) groups excluding carboxylic acids is 1. The zero-order valence-corrected chi connectivity index (χ0v) is 10.1. The molecule has 2 heterocycles. The summed E-state index contributed by atoms with van der Waals surface area (Å²) in [6, 6.07) is 0.00917. The number of nitrogens with zero attached hydrogens (tertiary/aromatic N) is 3. The number of anilines is 1. The summed E-state index contributed by atoms with van der Waals surface area (Å²) in [6.07, 6.45) is -4.59. The number of alkyl halides is 3. The van der Waals surface area contributed by atoms with Crippen LogP contribution < -0.4 is 11.1 Å². The van der Waals surface area contributed by atoms with E-state index in [4.69, 9.17) is 5.73 Å². The Hall–Kier alpha value is -2.59. The van der Waals surface area contributed by atoms with Crippen LogP contribution in [0.2, 0.25) is 0 Å². The molecule has 0 spiro atoms. The second kappa shape index (κ2) is 4.83. The van der Waals surface area contributed by atoms with Crippen molar-refractivity contribution < 1.29 is 18.0 Å². The molecule has 0 aliphatic heterocycles. The van der Waals surface area contributed by atoms with Gasteiger partial charge in [-0.25, -0.2) is 0 Å². The summed E-state index contributed by atoms with van der Waals surface area (Å²) in [5.41, 5.74) is 3.82. The zero-order chi connectivity index (χ0) is 14.9. The number of nitrogen functional groups attached to an aromatic ring is 1. The predicted octanol–water partition coefficient (Wildman–Crippen LogP) is 0.620. The topological polar surface area (TPSA) is 125 Å². The van der Waals surface area contributed by atoms with E-state index in [-0.39, 0.29) is 17.5 Å². The van der Waals surface area contributed by atoms with Crippen molar-refractivity contribution in [3.05, 3.63) is 23.3 Å². The molecule has 0 radical (unpaired) electrons. The first kappa shape index (κ1) is 13.8. The van der Waals surface area contributed by atoms with Crippen LogP contribution in [0.1, 0.15) is 35.0 Å². The maximum absolute atomic E-state index is 12.4. The molecular formula is C9H10F3N7O. The highest BCUT2D eigenvalue weighted by Gasteiger charge is 2.34. The number of aromatic amines is 2. The van der Waals surface area contributed by atoms with Gasteiger partial charge in [0.25, 0.3) is 5.91 Å². The van der Waals surface area contributed by atoms with E-state index < -0.39 is 23.8 Å². The molecule has 2 aromatic rings. The van der Waals surface area contributed by atoms with E-state index in [1.165, 1.54) is 0 Å². The first-order chi connectivity index (χ1) is 9.27. The van der Waals surface area contributed by atoms with Crippen molar-refractivity contribution in [1.29, 1.82) is 0 Å². The number of nitrogens with one attached hydrogen (secondary N) is 3. The number of halogens is 3. The minimum absolute atomic E-state index is 0.000209. The minimum atomic E-state index is -4.59. The van der Waals surface area contributed by atoms with Gasteiger partial charge in [0.15, 0.2) is 5.69 Å². The van der Waals surface area contributed by atoms with Crippen LogP contribution in [-0.4, -0.2) is 31.3 Å². The lowest BCUT2D eigenvalue weighted by Crippen LogP contribution is -2.27. The number of amides is 1. The molecule has 0 saturated heterocycles. The van der Waals surface area contributed by atoms with Gasteiger partial charge in [-0.15, -0.1) is 5.10 Å². The summed E-state index contributed by atoms with van der Waals surface area (Å²) in [5, 5.41) is 13.5. The van der Waals surface area contributed by atoms with Gasteiger partial charge < -0.3 is 11.1 Å². The van der Waals surface area contributed by atoms with Crippen LogP contribution in [0.5, 0.6) is 0 Å². The SMILES string of the molecule is C[C@@H](NC(=O)c1cc(C(F)(F)F)[nH]n1)c1nc(N)n[nH]1. The molecule has 20 heavy (non-hydrogen) atoms.